The van der Waals surface area contributed by atoms with Crippen molar-refractivity contribution in [1.82, 2.24) is 0 Å². The summed E-state index contributed by atoms with van der Waals surface area (Å²) in [4.78, 5) is 11.0. The van der Waals surface area contributed by atoms with Crippen LogP contribution in [0.25, 0.3) is 10.8 Å². The Labute approximate surface area is 90.9 Å². The summed E-state index contributed by atoms with van der Waals surface area (Å²) in [5, 5.41) is 2.85. The van der Waals surface area contributed by atoms with Crippen molar-refractivity contribution in [2.24, 2.45) is 0 Å². The standard InChI is InChI=1S/C12H9BrO/c13-7-10-6-5-9-3-1-2-4-11(9)12(10)8-14/h1-6,8H,7H2. The van der Waals surface area contributed by atoms with Crippen molar-refractivity contribution < 1.29 is 4.79 Å². The Morgan fingerprint density at radius 3 is 2.64 bits per heavy atom. The van der Waals surface area contributed by atoms with E-state index in [9.17, 15) is 4.79 Å². The van der Waals surface area contributed by atoms with E-state index in [2.05, 4.69) is 15.9 Å². The summed E-state index contributed by atoms with van der Waals surface area (Å²) in [6.07, 6.45) is 0.929. The molecule has 0 spiro atoms. The molecular weight excluding hydrogens is 240 g/mol. The average molecular weight is 249 g/mol. The average Bonchev–Trinajstić information content (AvgIpc) is 2.27. The van der Waals surface area contributed by atoms with Gasteiger partial charge in [-0.2, -0.15) is 0 Å². The van der Waals surface area contributed by atoms with Crippen LogP contribution in [-0.2, 0) is 5.33 Å². The number of aldehydes is 1. The van der Waals surface area contributed by atoms with Gasteiger partial charge in [-0.25, -0.2) is 0 Å². The molecule has 0 fully saturated rings. The molecule has 0 heterocycles. The molecular formula is C12H9BrO. The Hall–Kier alpha value is -1.15. The van der Waals surface area contributed by atoms with E-state index < -0.39 is 0 Å². The zero-order valence-electron chi connectivity index (χ0n) is 7.53. The predicted octanol–water partition coefficient (Wildman–Crippen LogP) is 3.55. The first-order valence-corrected chi connectivity index (χ1v) is 5.50. The lowest BCUT2D eigenvalue weighted by molar-refractivity contribution is 0.112. The van der Waals surface area contributed by atoms with Gasteiger partial charge in [-0.05, 0) is 16.3 Å². The number of hydrogen-bond acceptors (Lipinski definition) is 1. The number of carbonyl (C=O) groups excluding carboxylic acids is 1. The van der Waals surface area contributed by atoms with Crippen LogP contribution in [0.1, 0.15) is 15.9 Å². The van der Waals surface area contributed by atoms with Crippen molar-refractivity contribution in [3.05, 3.63) is 47.5 Å². The maximum atomic E-state index is 11.0. The molecule has 0 aliphatic carbocycles. The fraction of sp³-hybridized carbons (Fsp3) is 0.0833. The highest BCUT2D eigenvalue weighted by Crippen LogP contribution is 2.22. The first kappa shape index (κ1) is 9.41. The number of benzene rings is 2. The SMILES string of the molecule is O=Cc1c(CBr)ccc2ccccc12. The molecule has 14 heavy (non-hydrogen) atoms. The second-order valence-corrected chi connectivity index (χ2v) is 3.67. The maximum Gasteiger partial charge on any atom is 0.150 e. The van der Waals surface area contributed by atoms with Crippen LogP contribution in [0.5, 0.6) is 0 Å². The van der Waals surface area contributed by atoms with Crippen LogP contribution in [0.4, 0.5) is 0 Å². The number of hydrogen-bond donors (Lipinski definition) is 0. The van der Waals surface area contributed by atoms with Crippen molar-refractivity contribution >= 4 is 33.0 Å². The summed E-state index contributed by atoms with van der Waals surface area (Å²) >= 11 is 3.38. The molecule has 0 bridgehead atoms. The van der Waals surface area contributed by atoms with E-state index >= 15 is 0 Å². The van der Waals surface area contributed by atoms with Crippen LogP contribution in [0.2, 0.25) is 0 Å². The van der Waals surface area contributed by atoms with E-state index in [1.807, 2.05) is 36.4 Å². The second-order valence-electron chi connectivity index (χ2n) is 3.11. The molecule has 2 rings (SSSR count). The number of fused-ring (bicyclic) bond motifs is 1. The molecule has 1 nitrogen and oxygen atoms in total. The Bertz CT molecular complexity index is 477. The van der Waals surface area contributed by atoms with E-state index in [-0.39, 0.29) is 0 Å². The molecule has 0 aromatic heterocycles. The maximum absolute atomic E-state index is 11.0. The molecule has 0 saturated carbocycles. The quantitative estimate of drug-likeness (QED) is 0.587. The molecule has 2 aromatic carbocycles. The summed E-state index contributed by atoms with van der Waals surface area (Å²) in [5.74, 6) is 0. The van der Waals surface area contributed by atoms with Gasteiger partial charge in [-0.1, -0.05) is 52.3 Å². The van der Waals surface area contributed by atoms with Crippen LogP contribution in [0, 0.1) is 0 Å². The third-order valence-electron chi connectivity index (χ3n) is 2.32. The lowest BCUT2D eigenvalue weighted by Gasteiger charge is -2.05. The number of rotatable bonds is 2. The summed E-state index contributed by atoms with van der Waals surface area (Å²) in [6.45, 7) is 0. The Morgan fingerprint density at radius 2 is 1.93 bits per heavy atom. The highest BCUT2D eigenvalue weighted by atomic mass is 79.9. The minimum absolute atomic E-state index is 0.714. The van der Waals surface area contributed by atoms with Crippen molar-refractivity contribution in [3.63, 3.8) is 0 Å². The summed E-state index contributed by atoms with van der Waals surface area (Å²) < 4.78 is 0. The molecule has 0 aliphatic heterocycles. The van der Waals surface area contributed by atoms with Gasteiger partial charge in [0.1, 0.15) is 0 Å². The van der Waals surface area contributed by atoms with Crippen LogP contribution < -0.4 is 0 Å². The predicted molar refractivity (Wildman–Crippen MR) is 62.0 cm³/mol. The van der Waals surface area contributed by atoms with Gasteiger partial charge < -0.3 is 0 Å². The molecule has 0 atom stereocenters. The summed E-state index contributed by atoms with van der Waals surface area (Å²) in [5.41, 5.74) is 1.83. The minimum Gasteiger partial charge on any atom is -0.298 e. The fourth-order valence-corrected chi connectivity index (χ4v) is 2.09. The number of halogens is 1. The zero-order valence-corrected chi connectivity index (χ0v) is 9.12. The van der Waals surface area contributed by atoms with Crippen molar-refractivity contribution in [1.29, 1.82) is 0 Å². The van der Waals surface area contributed by atoms with Gasteiger partial charge in [0.2, 0.25) is 0 Å². The van der Waals surface area contributed by atoms with E-state index in [4.69, 9.17) is 0 Å². The molecule has 0 unspecified atom stereocenters. The number of alkyl halides is 1. The van der Waals surface area contributed by atoms with Crippen molar-refractivity contribution in [2.75, 3.05) is 0 Å². The van der Waals surface area contributed by atoms with E-state index in [0.717, 1.165) is 28.2 Å². The number of carbonyl (C=O) groups is 1. The van der Waals surface area contributed by atoms with Gasteiger partial charge >= 0.3 is 0 Å². The van der Waals surface area contributed by atoms with Gasteiger partial charge in [0.25, 0.3) is 0 Å². The summed E-state index contributed by atoms with van der Waals surface area (Å²) in [7, 11) is 0. The Balaban J connectivity index is 2.83. The molecule has 2 heteroatoms. The van der Waals surface area contributed by atoms with Crippen molar-refractivity contribution in [3.8, 4) is 0 Å². The van der Waals surface area contributed by atoms with E-state index in [1.54, 1.807) is 0 Å². The van der Waals surface area contributed by atoms with E-state index in [0.29, 0.717) is 5.33 Å². The molecule has 0 radical (unpaired) electrons. The van der Waals surface area contributed by atoms with Crippen LogP contribution in [0.15, 0.2) is 36.4 Å². The van der Waals surface area contributed by atoms with Gasteiger partial charge in [-0.15, -0.1) is 0 Å². The van der Waals surface area contributed by atoms with Crippen LogP contribution in [0.3, 0.4) is 0 Å². The summed E-state index contributed by atoms with van der Waals surface area (Å²) in [6, 6.07) is 11.9. The van der Waals surface area contributed by atoms with Crippen molar-refractivity contribution in [2.45, 2.75) is 5.33 Å². The first-order valence-electron chi connectivity index (χ1n) is 4.38. The molecule has 2 aromatic rings. The largest absolute Gasteiger partial charge is 0.298 e. The van der Waals surface area contributed by atoms with Gasteiger partial charge in [0.05, 0.1) is 0 Å². The third kappa shape index (κ3) is 1.46. The van der Waals surface area contributed by atoms with Gasteiger partial charge in [0.15, 0.2) is 6.29 Å². The second kappa shape index (κ2) is 3.93. The molecule has 0 amide bonds. The van der Waals surface area contributed by atoms with Crippen LogP contribution in [-0.4, -0.2) is 6.29 Å². The topological polar surface area (TPSA) is 17.1 Å². The monoisotopic (exact) mass is 248 g/mol. The van der Waals surface area contributed by atoms with Gasteiger partial charge in [0, 0.05) is 10.9 Å². The smallest absolute Gasteiger partial charge is 0.150 e. The normalized spacial score (nSPS) is 10.4. The Kier molecular flexibility index (Phi) is 2.64. The lowest BCUT2D eigenvalue weighted by Crippen LogP contribution is -1.90. The lowest BCUT2D eigenvalue weighted by atomic mass is 10.0. The Morgan fingerprint density at radius 1 is 1.14 bits per heavy atom. The third-order valence-corrected chi connectivity index (χ3v) is 2.93. The molecule has 0 saturated heterocycles. The molecule has 0 N–H and O–H groups in total. The highest BCUT2D eigenvalue weighted by Gasteiger charge is 2.04. The van der Waals surface area contributed by atoms with Crippen LogP contribution >= 0.6 is 15.9 Å². The molecule has 70 valence electrons. The van der Waals surface area contributed by atoms with E-state index in [1.165, 1.54) is 0 Å². The van der Waals surface area contributed by atoms with Gasteiger partial charge in [-0.3, -0.25) is 4.79 Å². The molecule has 0 aliphatic rings. The zero-order chi connectivity index (χ0) is 9.97. The minimum atomic E-state index is 0.714. The first-order chi connectivity index (χ1) is 6.86. The fourth-order valence-electron chi connectivity index (χ4n) is 1.60. The highest BCUT2D eigenvalue weighted by molar-refractivity contribution is 9.08.